The summed E-state index contributed by atoms with van der Waals surface area (Å²) in [6.07, 6.45) is 1.45. The van der Waals surface area contributed by atoms with E-state index in [9.17, 15) is 4.79 Å². The lowest BCUT2D eigenvalue weighted by Gasteiger charge is -2.15. The van der Waals surface area contributed by atoms with E-state index in [1.807, 2.05) is 18.2 Å². The number of para-hydroxylation sites is 1. The second-order valence-electron chi connectivity index (χ2n) is 6.41. The number of nitrogens with zero attached hydrogens (tertiary/aromatic N) is 4. The standard InChI is InChI=1S/C19H22N6O/c1-13(2)14-7-9-15(10-8-14)17(20)11-21-19(26)16-5-3-4-6-18(16)25-12-22-23-24-25/h3-10,12-13,17H,11,20H2,1-2H3,(H,21,26). The Balaban J connectivity index is 1.67. The quantitative estimate of drug-likeness (QED) is 0.710. The number of rotatable bonds is 6. The molecule has 0 aliphatic carbocycles. The van der Waals surface area contributed by atoms with E-state index in [1.165, 1.54) is 16.6 Å². The number of hydrogen-bond donors (Lipinski definition) is 2. The highest BCUT2D eigenvalue weighted by molar-refractivity contribution is 5.97. The highest BCUT2D eigenvalue weighted by Crippen LogP contribution is 2.18. The van der Waals surface area contributed by atoms with E-state index in [-0.39, 0.29) is 11.9 Å². The normalized spacial score (nSPS) is 12.2. The monoisotopic (exact) mass is 350 g/mol. The van der Waals surface area contributed by atoms with Gasteiger partial charge in [0.2, 0.25) is 0 Å². The number of nitrogens with one attached hydrogen (secondary N) is 1. The van der Waals surface area contributed by atoms with Crippen molar-refractivity contribution in [2.45, 2.75) is 25.8 Å². The van der Waals surface area contributed by atoms with E-state index in [0.717, 1.165) is 5.56 Å². The van der Waals surface area contributed by atoms with Crippen molar-refractivity contribution in [1.82, 2.24) is 25.5 Å². The summed E-state index contributed by atoms with van der Waals surface area (Å²) in [4.78, 5) is 12.6. The Morgan fingerprint density at radius 2 is 1.81 bits per heavy atom. The number of tetrazole rings is 1. The molecule has 0 radical (unpaired) electrons. The summed E-state index contributed by atoms with van der Waals surface area (Å²) in [7, 11) is 0. The van der Waals surface area contributed by atoms with Crippen LogP contribution in [-0.4, -0.2) is 32.7 Å². The first-order chi connectivity index (χ1) is 12.6. The first-order valence-corrected chi connectivity index (χ1v) is 8.52. The van der Waals surface area contributed by atoms with Crippen LogP contribution in [0.2, 0.25) is 0 Å². The van der Waals surface area contributed by atoms with Crippen LogP contribution >= 0.6 is 0 Å². The molecule has 0 saturated heterocycles. The summed E-state index contributed by atoms with van der Waals surface area (Å²) in [5, 5.41) is 14.0. The van der Waals surface area contributed by atoms with Crippen LogP contribution in [0, 0.1) is 0 Å². The van der Waals surface area contributed by atoms with Gasteiger partial charge in [-0.2, -0.15) is 4.68 Å². The van der Waals surface area contributed by atoms with Crippen LogP contribution in [0.15, 0.2) is 54.9 Å². The van der Waals surface area contributed by atoms with Crippen LogP contribution in [0.3, 0.4) is 0 Å². The third kappa shape index (κ3) is 3.94. The Morgan fingerprint density at radius 1 is 1.12 bits per heavy atom. The fourth-order valence-corrected chi connectivity index (χ4v) is 2.68. The molecule has 7 nitrogen and oxygen atoms in total. The smallest absolute Gasteiger partial charge is 0.253 e. The van der Waals surface area contributed by atoms with E-state index < -0.39 is 0 Å². The van der Waals surface area contributed by atoms with Gasteiger partial charge in [0.1, 0.15) is 6.33 Å². The van der Waals surface area contributed by atoms with Gasteiger partial charge in [-0.25, -0.2) is 0 Å². The molecule has 3 rings (SSSR count). The number of aromatic nitrogens is 4. The van der Waals surface area contributed by atoms with Crippen molar-refractivity contribution in [3.8, 4) is 5.69 Å². The molecule has 2 aromatic carbocycles. The molecule has 0 aliphatic rings. The van der Waals surface area contributed by atoms with Crippen LogP contribution in [-0.2, 0) is 0 Å². The van der Waals surface area contributed by atoms with E-state index in [2.05, 4.69) is 46.8 Å². The minimum absolute atomic E-state index is 0.217. The molecule has 1 aromatic heterocycles. The molecule has 1 amide bonds. The third-order valence-electron chi connectivity index (χ3n) is 4.26. The average Bonchev–Trinajstić information content (AvgIpc) is 3.20. The molecule has 26 heavy (non-hydrogen) atoms. The molecule has 1 atom stereocenters. The van der Waals surface area contributed by atoms with Gasteiger partial charge in [-0.3, -0.25) is 4.79 Å². The van der Waals surface area contributed by atoms with Crippen LogP contribution in [0.5, 0.6) is 0 Å². The van der Waals surface area contributed by atoms with Crippen molar-refractivity contribution >= 4 is 5.91 Å². The van der Waals surface area contributed by atoms with Crippen molar-refractivity contribution < 1.29 is 4.79 Å². The van der Waals surface area contributed by atoms with Gasteiger partial charge < -0.3 is 11.1 Å². The lowest BCUT2D eigenvalue weighted by molar-refractivity contribution is 0.0951. The summed E-state index contributed by atoms with van der Waals surface area (Å²) < 4.78 is 1.46. The Kier molecular flexibility index (Phi) is 5.38. The number of benzene rings is 2. The summed E-state index contributed by atoms with van der Waals surface area (Å²) in [5.41, 5.74) is 9.59. The first kappa shape index (κ1) is 17.8. The second-order valence-corrected chi connectivity index (χ2v) is 6.41. The van der Waals surface area contributed by atoms with Gasteiger partial charge in [-0.1, -0.05) is 50.2 Å². The minimum atomic E-state index is -0.277. The molecule has 134 valence electrons. The number of amides is 1. The summed E-state index contributed by atoms with van der Waals surface area (Å²) in [6.45, 7) is 4.64. The fourth-order valence-electron chi connectivity index (χ4n) is 2.68. The van der Waals surface area contributed by atoms with Gasteiger partial charge in [0.05, 0.1) is 11.3 Å². The fraction of sp³-hybridized carbons (Fsp3) is 0.263. The van der Waals surface area contributed by atoms with Crippen LogP contribution < -0.4 is 11.1 Å². The summed E-state index contributed by atoms with van der Waals surface area (Å²) >= 11 is 0. The molecule has 0 spiro atoms. The molecular formula is C19H22N6O. The van der Waals surface area contributed by atoms with E-state index >= 15 is 0 Å². The van der Waals surface area contributed by atoms with Gasteiger partial charge in [-0.15, -0.1) is 5.10 Å². The van der Waals surface area contributed by atoms with Crippen LogP contribution in [0.25, 0.3) is 5.69 Å². The highest BCUT2D eigenvalue weighted by Gasteiger charge is 2.15. The Hall–Kier alpha value is -3.06. The SMILES string of the molecule is CC(C)c1ccc(C(N)CNC(=O)c2ccccc2-n2cnnn2)cc1. The van der Waals surface area contributed by atoms with Crippen molar-refractivity contribution in [2.75, 3.05) is 6.54 Å². The average molecular weight is 350 g/mol. The van der Waals surface area contributed by atoms with Crippen molar-refractivity contribution in [3.63, 3.8) is 0 Å². The lowest BCUT2D eigenvalue weighted by Crippen LogP contribution is -2.32. The van der Waals surface area contributed by atoms with Crippen molar-refractivity contribution in [2.24, 2.45) is 5.73 Å². The third-order valence-corrected chi connectivity index (χ3v) is 4.26. The number of carbonyl (C=O) groups excluding carboxylic acids is 1. The topological polar surface area (TPSA) is 98.7 Å². The Labute approximate surface area is 152 Å². The minimum Gasteiger partial charge on any atom is -0.350 e. The van der Waals surface area contributed by atoms with Crippen molar-refractivity contribution in [1.29, 1.82) is 0 Å². The lowest BCUT2D eigenvalue weighted by atomic mass is 9.99. The largest absolute Gasteiger partial charge is 0.350 e. The number of carbonyl (C=O) groups is 1. The predicted molar refractivity (Wildman–Crippen MR) is 98.9 cm³/mol. The molecule has 3 aromatic rings. The van der Waals surface area contributed by atoms with Crippen LogP contribution in [0.1, 0.15) is 47.3 Å². The molecule has 0 saturated carbocycles. The van der Waals surface area contributed by atoms with Gasteiger partial charge >= 0.3 is 0 Å². The zero-order chi connectivity index (χ0) is 18.5. The van der Waals surface area contributed by atoms with Gasteiger partial charge in [-0.05, 0) is 39.6 Å². The maximum atomic E-state index is 12.6. The van der Waals surface area contributed by atoms with Gasteiger partial charge in [0, 0.05) is 12.6 Å². The highest BCUT2D eigenvalue weighted by atomic mass is 16.1. The number of nitrogens with two attached hydrogens (primary N) is 1. The van der Waals surface area contributed by atoms with Crippen molar-refractivity contribution in [3.05, 3.63) is 71.5 Å². The van der Waals surface area contributed by atoms with E-state index in [1.54, 1.807) is 18.2 Å². The van der Waals surface area contributed by atoms with E-state index in [0.29, 0.717) is 23.7 Å². The van der Waals surface area contributed by atoms with Gasteiger partial charge in [0.25, 0.3) is 5.91 Å². The second kappa shape index (κ2) is 7.88. The van der Waals surface area contributed by atoms with Crippen LogP contribution in [0.4, 0.5) is 0 Å². The first-order valence-electron chi connectivity index (χ1n) is 8.52. The number of hydrogen-bond acceptors (Lipinski definition) is 5. The Bertz CT molecular complexity index is 858. The molecular weight excluding hydrogens is 328 g/mol. The van der Waals surface area contributed by atoms with E-state index in [4.69, 9.17) is 5.73 Å². The molecule has 7 heteroatoms. The Morgan fingerprint density at radius 3 is 2.46 bits per heavy atom. The maximum absolute atomic E-state index is 12.6. The molecule has 1 heterocycles. The molecule has 3 N–H and O–H groups in total. The molecule has 0 bridgehead atoms. The molecule has 1 unspecified atom stereocenters. The maximum Gasteiger partial charge on any atom is 0.253 e. The summed E-state index contributed by atoms with van der Waals surface area (Å²) in [5.74, 6) is 0.258. The summed E-state index contributed by atoms with van der Waals surface area (Å²) in [6, 6.07) is 15.1. The zero-order valence-corrected chi connectivity index (χ0v) is 14.8. The predicted octanol–water partition coefficient (Wildman–Crippen LogP) is 2.22. The molecule has 0 aliphatic heterocycles. The zero-order valence-electron chi connectivity index (χ0n) is 14.8. The molecule has 0 fully saturated rings. The van der Waals surface area contributed by atoms with Gasteiger partial charge in [0.15, 0.2) is 0 Å².